The average Bonchev–Trinajstić information content (AvgIpc) is 2.55. The van der Waals surface area contributed by atoms with Crippen LogP contribution in [-0.4, -0.2) is 27.0 Å². The summed E-state index contributed by atoms with van der Waals surface area (Å²) in [5.74, 6) is -0.584. The Kier molecular flexibility index (Phi) is 6.33. The van der Waals surface area contributed by atoms with E-state index in [0.29, 0.717) is 5.56 Å². The van der Waals surface area contributed by atoms with Crippen molar-refractivity contribution in [3.05, 3.63) is 65.2 Å². The number of rotatable bonds is 7. The van der Waals surface area contributed by atoms with E-state index in [4.69, 9.17) is 4.74 Å². The van der Waals surface area contributed by atoms with Crippen LogP contribution in [0.3, 0.4) is 0 Å². The van der Waals surface area contributed by atoms with Crippen LogP contribution < -0.4 is 4.72 Å². The fourth-order valence-corrected chi connectivity index (χ4v) is 4.03. The van der Waals surface area contributed by atoms with Crippen LogP contribution in [0.25, 0.3) is 0 Å². The summed E-state index contributed by atoms with van der Waals surface area (Å²) in [6.07, 6.45) is 0.226. The summed E-state index contributed by atoms with van der Waals surface area (Å²) in [5, 5.41) is 0. The molecule has 0 aliphatic carbocycles. The lowest BCUT2D eigenvalue weighted by Gasteiger charge is -2.18. The fraction of sp³-hybridized carbons (Fsp3) is 0.316. The van der Waals surface area contributed by atoms with Crippen molar-refractivity contribution in [1.82, 2.24) is 4.72 Å². The first-order chi connectivity index (χ1) is 11.8. The highest BCUT2D eigenvalue weighted by Crippen LogP contribution is 2.17. The Morgan fingerprint density at radius 2 is 1.80 bits per heavy atom. The molecule has 0 heterocycles. The number of aryl methyl sites for hydroxylation is 2. The Hall–Kier alpha value is -2.18. The van der Waals surface area contributed by atoms with Crippen molar-refractivity contribution in [3.8, 4) is 0 Å². The largest absolute Gasteiger partial charge is 0.465 e. The molecular formula is C19H23NO4S. The average molecular weight is 361 g/mol. The number of carbonyl (C=O) groups excluding carboxylic acids is 1. The van der Waals surface area contributed by atoms with E-state index in [1.165, 1.54) is 0 Å². The van der Waals surface area contributed by atoms with Crippen molar-refractivity contribution in [3.63, 3.8) is 0 Å². The highest BCUT2D eigenvalue weighted by atomic mass is 32.2. The van der Waals surface area contributed by atoms with Crippen molar-refractivity contribution in [2.75, 3.05) is 6.61 Å². The summed E-state index contributed by atoms with van der Waals surface area (Å²) in [6.45, 7) is 5.51. The first-order valence-electron chi connectivity index (χ1n) is 8.13. The quantitative estimate of drug-likeness (QED) is 0.770. The molecule has 0 fully saturated rings. The van der Waals surface area contributed by atoms with Crippen LogP contribution in [0, 0.1) is 13.8 Å². The van der Waals surface area contributed by atoms with Crippen LogP contribution in [0.2, 0.25) is 0 Å². The Balaban J connectivity index is 2.29. The highest BCUT2D eigenvalue weighted by molar-refractivity contribution is 7.89. The first-order valence-corrected chi connectivity index (χ1v) is 9.62. The summed E-state index contributed by atoms with van der Waals surface area (Å²) in [5.41, 5.74) is 2.46. The predicted molar refractivity (Wildman–Crippen MR) is 96.8 cm³/mol. The van der Waals surface area contributed by atoms with Gasteiger partial charge in [-0.1, -0.05) is 48.0 Å². The first kappa shape index (κ1) is 19.1. The van der Waals surface area contributed by atoms with Gasteiger partial charge in [0.25, 0.3) is 0 Å². The van der Waals surface area contributed by atoms with Gasteiger partial charge in [-0.25, -0.2) is 8.42 Å². The minimum absolute atomic E-state index is 0.167. The molecule has 25 heavy (non-hydrogen) atoms. The van der Waals surface area contributed by atoms with E-state index in [2.05, 4.69) is 4.72 Å². The van der Waals surface area contributed by atoms with Crippen LogP contribution in [0.15, 0.2) is 53.4 Å². The lowest BCUT2D eigenvalue weighted by atomic mass is 10.1. The maximum absolute atomic E-state index is 12.8. The molecule has 1 unspecified atom stereocenters. The van der Waals surface area contributed by atoms with E-state index in [0.717, 1.165) is 11.1 Å². The smallest absolute Gasteiger partial charge is 0.324 e. The molecule has 0 amide bonds. The molecular weight excluding hydrogens is 338 g/mol. The van der Waals surface area contributed by atoms with E-state index >= 15 is 0 Å². The molecule has 0 spiro atoms. The van der Waals surface area contributed by atoms with Gasteiger partial charge in [0, 0.05) is 0 Å². The Morgan fingerprint density at radius 1 is 1.12 bits per heavy atom. The minimum Gasteiger partial charge on any atom is -0.465 e. The molecule has 1 atom stereocenters. The van der Waals surface area contributed by atoms with Crippen molar-refractivity contribution in [2.45, 2.75) is 38.1 Å². The summed E-state index contributed by atoms with van der Waals surface area (Å²) in [7, 11) is -3.84. The Morgan fingerprint density at radius 3 is 2.40 bits per heavy atom. The zero-order valence-electron chi connectivity index (χ0n) is 14.7. The normalized spacial score (nSPS) is 12.6. The number of sulfonamides is 1. The van der Waals surface area contributed by atoms with Crippen LogP contribution >= 0.6 is 0 Å². The van der Waals surface area contributed by atoms with E-state index in [-0.39, 0.29) is 17.9 Å². The van der Waals surface area contributed by atoms with Crippen molar-refractivity contribution in [2.24, 2.45) is 0 Å². The van der Waals surface area contributed by atoms with Gasteiger partial charge >= 0.3 is 5.97 Å². The molecule has 0 aromatic heterocycles. The third-order valence-electron chi connectivity index (χ3n) is 3.77. The molecule has 0 bridgehead atoms. The molecule has 0 saturated carbocycles. The summed E-state index contributed by atoms with van der Waals surface area (Å²) < 4.78 is 33.1. The second-order valence-corrected chi connectivity index (χ2v) is 7.57. The fourth-order valence-electron chi connectivity index (χ4n) is 2.62. The zero-order chi connectivity index (χ0) is 18.4. The number of nitrogens with one attached hydrogen (secondary N) is 1. The van der Waals surface area contributed by atoms with Crippen LogP contribution in [0.4, 0.5) is 0 Å². The molecule has 1 N–H and O–H groups in total. The number of carbonyl (C=O) groups is 1. The van der Waals surface area contributed by atoms with E-state index < -0.39 is 22.0 Å². The van der Waals surface area contributed by atoms with Crippen molar-refractivity contribution in [1.29, 1.82) is 0 Å². The molecule has 2 aromatic carbocycles. The third kappa shape index (κ3) is 5.14. The SMILES string of the molecule is CCOC(=O)C(Cc1ccccc1)NS(=O)(=O)c1ccc(C)cc1C. The predicted octanol–water partition coefficient (Wildman–Crippen LogP) is 2.76. The zero-order valence-corrected chi connectivity index (χ0v) is 15.5. The van der Waals surface area contributed by atoms with Gasteiger partial charge in [-0.3, -0.25) is 4.79 Å². The van der Waals surface area contributed by atoms with Crippen molar-refractivity contribution < 1.29 is 17.9 Å². The van der Waals surface area contributed by atoms with Crippen LogP contribution in [-0.2, 0) is 26.0 Å². The van der Waals surface area contributed by atoms with Crippen LogP contribution in [0.1, 0.15) is 23.6 Å². The molecule has 6 heteroatoms. The maximum Gasteiger partial charge on any atom is 0.324 e. The molecule has 5 nitrogen and oxygen atoms in total. The Bertz CT molecular complexity index is 832. The lowest BCUT2D eigenvalue weighted by molar-refractivity contribution is -0.145. The molecule has 0 saturated heterocycles. The molecule has 2 aromatic rings. The number of ether oxygens (including phenoxy) is 1. The molecule has 0 aliphatic rings. The monoisotopic (exact) mass is 361 g/mol. The van der Waals surface area contributed by atoms with E-state index in [1.807, 2.05) is 37.3 Å². The van der Waals surface area contributed by atoms with Gasteiger partial charge in [0.2, 0.25) is 10.0 Å². The highest BCUT2D eigenvalue weighted by Gasteiger charge is 2.28. The summed E-state index contributed by atoms with van der Waals surface area (Å²) in [6, 6.07) is 13.3. The molecule has 0 aliphatic heterocycles. The molecule has 2 rings (SSSR count). The number of hydrogen-bond acceptors (Lipinski definition) is 4. The molecule has 134 valence electrons. The van der Waals surface area contributed by atoms with Gasteiger partial charge in [0.05, 0.1) is 11.5 Å². The summed E-state index contributed by atoms with van der Waals surface area (Å²) >= 11 is 0. The molecule has 0 radical (unpaired) electrons. The van der Waals surface area contributed by atoms with Crippen molar-refractivity contribution >= 4 is 16.0 Å². The standard InChI is InChI=1S/C19H23NO4S/c1-4-24-19(21)17(13-16-8-6-5-7-9-16)20-25(22,23)18-11-10-14(2)12-15(18)3/h5-12,17,20H,4,13H2,1-3H3. The second kappa shape index (κ2) is 8.27. The van der Waals surface area contributed by atoms with Gasteiger partial charge in [-0.05, 0) is 44.4 Å². The van der Waals surface area contributed by atoms with Gasteiger partial charge in [-0.15, -0.1) is 0 Å². The van der Waals surface area contributed by atoms with Crippen LogP contribution in [0.5, 0.6) is 0 Å². The topological polar surface area (TPSA) is 72.5 Å². The maximum atomic E-state index is 12.8. The van der Waals surface area contributed by atoms with Gasteiger partial charge in [0.15, 0.2) is 0 Å². The second-order valence-electron chi connectivity index (χ2n) is 5.88. The van der Waals surface area contributed by atoms with Gasteiger partial charge < -0.3 is 4.74 Å². The Labute approximate surface area is 149 Å². The summed E-state index contributed by atoms with van der Waals surface area (Å²) in [4.78, 5) is 12.4. The number of hydrogen-bond donors (Lipinski definition) is 1. The van der Waals surface area contributed by atoms with Gasteiger partial charge in [0.1, 0.15) is 6.04 Å². The number of benzene rings is 2. The van der Waals surface area contributed by atoms with E-state index in [1.54, 1.807) is 32.0 Å². The number of esters is 1. The minimum atomic E-state index is -3.84. The van der Waals surface area contributed by atoms with Gasteiger partial charge in [-0.2, -0.15) is 4.72 Å². The van der Waals surface area contributed by atoms with E-state index in [9.17, 15) is 13.2 Å². The lowest BCUT2D eigenvalue weighted by Crippen LogP contribution is -2.43. The third-order valence-corrected chi connectivity index (χ3v) is 5.40.